The first kappa shape index (κ1) is 7.41. The Bertz CT molecular complexity index is 125. The largest absolute Gasteiger partial charge is 0.341 e. The van der Waals surface area contributed by atoms with Crippen molar-refractivity contribution in [2.75, 3.05) is 6.66 Å². The van der Waals surface area contributed by atoms with Gasteiger partial charge in [0.25, 0.3) is 0 Å². The van der Waals surface area contributed by atoms with E-state index in [0.29, 0.717) is 0 Å². The maximum absolute atomic E-state index is 10.3. The van der Waals surface area contributed by atoms with Crippen LogP contribution in [0, 0.1) is 0 Å². The van der Waals surface area contributed by atoms with Crippen LogP contribution >= 0.6 is 23.3 Å². The van der Waals surface area contributed by atoms with Gasteiger partial charge < -0.3 is 4.89 Å². The van der Waals surface area contributed by atoms with E-state index in [0.717, 1.165) is 0 Å². The van der Waals surface area contributed by atoms with Crippen LogP contribution < -0.4 is 0 Å². The first-order chi connectivity index (χ1) is 2.94. The molecule has 1 N–H and O–H groups in total. The Morgan fingerprint density at radius 2 is 2.14 bits per heavy atom. The summed E-state index contributed by atoms with van der Waals surface area (Å²) in [6, 6.07) is 0. The van der Waals surface area contributed by atoms with Crippen molar-refractivity contribution in [2.45, 2.75) is 0 Å². The standard InChI is InChI=1S/C3H6BrO2P/c1-3(4)7(2,5)6/h1H2,2H3,(H,5,6). The van der Waals surface area contributed by atoms with Crippen LogP contribution in [0.1, 0.15) is 0 Å². The molecule has 0 aliphatic rings. The van der Waals surface area contributed by atoms with Gasteiger partial charge in [0.05, 0.1) is 4.22 Å². The zero-order chi connectivity index (χ0) is 6.08. The van der Waals surface area contributed by atoms with E-state index >= 15 is 0 Å². The van der Waals surface area contributed by atoms with E-state index in [1.807, 2.05) is 0 Å². The molecular formula is C3H6BrO2P. The van der Waals surface area contributed by atoms with E-state index in [4.69, 9.17) is 4.89 Å². The van der Waals surface area contributed by atoms with Gasteiger partial charge in [-0.3, -0.25) is 4.57 Å². The van der Waals surface area contributed by atoms with Gasteiger partial charge in [0.2, 0.25) is 7.37 Å². The fourth-order valence-electron chi connectivity index (χ4n) is 0. The molecule has 0 heterocycles. The molecule has 0 aliphatic carbocycles. The van der Waals surface area contributed by atoms with Gasteiger partial charge in [-0.25, -0.2) is 0 Å². The smallest absolute Gasteiger partial charge is 0.232 e. The van der Waals surface area contributed by atoms with E-state index in [9.17, 15) is 4.57 Å². The van der Waals surface area contributed by atoms with Crippen molar-refractivity contribution in [3.8, 4) is 0 Å². The minimum Gasteiger partial charge on any atom is -0.341 e. The molecule has 4 heteroatoms. The van der Waals surface area contributed by atoms with Crippen LogP contribution in [0.5, 0.6) is 0 Å². The highest BCUT2D eigenvalue weighted by Gasteiger charge is 2.09. The van der Waals surface area contributed by atoms with Crippen molar-refractivity contribution >= 4 is 23.3 Å². The zero-order valence-corrected chi connectivity index (χ0v) is 6.37. The van der Waals surface area contributed by atoms with Crippen molar-refractivity contribution in [1.29, 1.82) is 0 Å². The average molecular weight is 185 g/mol. The molecule has 7 heavy (non-hydrogen) atoms. The zero-order valence-electron chi connectivity index (χ0n) is 3.89. The SMILES string of the molecule is C=C(Br)P(C)(=O)O. The summed E-state index contributed by atoms with van der Waals surface area (Å²) >= 11 is 2.79. The predicted molar refractivity (Wildman–Crippen MR) is 33.8 cm³/mol. The third kappa shape index (κ3) is 3.03. The molecular weight excluding hydrogens is 179 g/mol. The van der Waals surface area contributed by atoms with Crippen molar-refractivity contribution in [1.82, 2.24) is 0 Å². The van der Waals surface area contributed by atoms with Crippen LogP contribution in [0.4, 0.5) is 0 Å². The monoisotopic (exact) mass is 184 g/mol. The molecule has 2 nitrogen and oxygen atoms in total. The van der Waals surface area contributed by atoms with Gasteiger partial charge in [-0.2, -0.15) is 0 Å². The number of halogens is 1. The van der Waals surface area contributed by atoms with E-state index in [1.54, 1.807) is 0 Å². The highest BCUT2D eigenvalue weighted by atomic mass is 79.9. The maximum atomic E-state index is 10.3. The molecule has 0 rings (SSSR count). The first-order valence-corrected chi connectivity index (χ1v) is 4.50. The van der Waals surface area contributed by atoms with Crippen LogP contribution in [-0.2, 0) is 4.57 Å². The van der Waals surface area contributed by atoms with Gasteiger partial charge in [0, 0.05) is 6.66 Å². The van der Waals surface area contributed by atoms with Gasteiger partial charge in [-0.15, -0.1) is 0 Å². The lowest BCUT2D eigenvalue weighted by Gasteiger charge is -1.97. The molecule has 1 atom stereocenters. The normalized spacial score (nSPS) is 18.1. The average Bonchev–Trinajstić information content (AvgIpc) is 1.31. The summed E-state index contributed by atoms with van der Waals surface area (Å²) in [7, 11) is -3.02. The van der Waals surface area contributed by atoms with Crippen LogP contribution in [0.25, 0.3) is 0 Å². The fourth-order valence-corrected chi connectivity index (χ4v) is 0. The Kier molecular flexibility index (Phi) is 2.24. The first-order valence-electron chi connectivity index (χ1n) is 1.60. The summed E-state index contributed by atoms with van der Waals surface area (Å²) in [5, 5.41) is 0. The molecule has 0 saturated carbocycles. The number of hydrogen-bond acceptors (Lipinski definition) is 1. The number of hydrogen-bond donors (Lipinski definition) is 1. The van der Waals surface area contributed by atoms with E-state index in [2.05, 4.69) is 22.5 Å². The van der Waals surface area contributed by atoms with Gasteiger partial charge in [0.1, 0.15) is 0 Å². The Hall–Kier alpha value is 0.410. The highest BCUT2D eigenvalue weighted by molar-refractivity contribution is 9.13. The van der Waals surface area contributed by atoms with Gasteiger partial charge in [-0.1, -0.05) is 6.58 Å². The molecule has 0 aromatic heterocycles. The van der Waals surface area contributed by atoms with Crippen LogP contribution in [-0.4, -0.2) is 11.6 Å². The van der Waals surface area contributed by atoms with Crippen molar-refractivity contribution in [2.24, 2.45) is 0 Å². The fraction of sp³-hybridized carbons (Fsp3) is 0.333. The predicted octanol–water partition coefficient (Wildman–Crippen LogP) is 1.75. The van der Waals surface area contributed by atoms with Gasteiger partial charge in [-0.05, 0) is 15.9 Å². The topological polar surface area (TPSA) is 37.3 Å². The lowest BCUT2D eigenvalue weighted by Crippen LogP contribution is -1.69. The van der Waals surface area contributed by atoms with Crippen molar-refractivity contribution in [3.63, 3.8) is 0 Å². The van der Waals surface area contributed by atoms with Gasteiger partial charge in [0.15, 0.2) is 0 Å². The Morgan fingerprint density at radius 1 is 2.00 bits per heavy atom. The second-order valence-corrected chi connectivity index (χ2v) is 5.12. The summed E-state index contributed by atoms with van der Waals surface area (Å²) in [6.45, 7) is 4.46. The molecule has 0 saturated heterocycles. The van der Waals surface area contributed by atoms with Crippen molar-refractivity contribution in [3.05, 3.63) is 10.8 Å². The highest BCUT2D eigenvalue weighted by Crippen LogP contribution is 2.47. The molecule has 0 spiro atoms. The van der Waals surface area contributed by atoms with Crippen LogP contribution in [0.15, 0.2) is 10.8 Å². The molecule has 0 amide bonds. The third-order valence-electron chi connectivity index (χ3n) is 0.450. The minimum absolute atomic E-state index is 0.167. The van der Waals surface area contributed by atoms with Crippen molar-refractivity contribution < 1.29 is 9.46 Å². The van der Waals surface area contributed by atoms with E-state index in [-0.39, 0.29) is 4.22 Å². The molecule has 1 unspecified atom stereocenters. The van der Waals surface area contributed by atoms with E-state index < -0.39 is 7.37 Å². The summed E-state index contributed by atoms with van der Waals surface area (Å²) < 4.78 is 10.5. The van der Waals surface area contributed by atoms with Crippen LogP contribution in [0.2, 0.25) is 0 Å². The summed E-state index contributed by atoms with van der Waals surface area (Å²) in [4.78, 5) is 8.50. The molecule has 42 valence electrons. The summed E-state index contributed by atoms with van der Waals surface area (Å²) in [5.41, 5.74) is 0. The summed E-state index contributed by atoms with van der Waals surface area (Å²) in [5.74, 6) is 0. The van der Waals surface area contributed by atoms with E-state index in [1.165, 1.54) is 6.66 Å². The van der Waals surface area contributed by atoms with Gasteiger partial charge >= 0.3 is 0 Å². The molecule has 0 aromatic rings. The summed E-state index contributed by atoms with van der Waals surface area (Å²) in [6.07, 6.45) is 0. The molecule has 0 aromatic carbocycles. The quantitative estimate of drug-likeness (QED) is 0.631. The maximum Gasteiger partial charge on any atom is 0.232 e. The Labute approximate surface area is 50.8 Å². The molecule has 0 aliphatic heterocycles. The lowest BCUT2D eigenvalue weighted by atomic mass is 11.3. The molecule has 0 radical (unpaired) electrons. The Balaban J connectivity index is 4.09. The Morgan fingerprint density at radius 3 is 2.14 bits per heavy atom. The molecule has 0 fully saturated rings. The number of rotatable bonds is 1. The second-order valence-electron chi connectivity index (χ2n) is 1.26. The lowest BCUT2D eigenvalue weighted by molar-refractivity contribution is 0.495. The van der Waals surface area contributed by atoms with Crippen LogP contribution in [0.3, 0.4) is 0 Å². The second kappa shape index (κ2) is 2.12. The molecule has 0 bridgehead atoms. The minimum atomic E-state index is -3.02. The third-order valence-corrected chi connectivity index (χ3v) is 3.32.